The summed E-state index contributed by atoms with van der Waals surface area (Å²) in [4.78, 5) is 3.15. The number of hydrogen-bond donors (Lipinski definition) is 3. The second-order valence-corrected chi connectivity index (χ2v) is 6.41. The van der Waals surface area contributed by atoms with Crippen LogP contribution in [0.5, 0.6) is 0 Å². The van der Waals surface area contributed by atoms with Crippen molar-refractivity contribution in [2.24, 2.45) is 0 Å². The minimum atomic E-state index is -3.51. The predicted molar refractivity (Wildman–Crippen MR) is 81.6 cm³/mol. The fraction of sp³-hybridized carbons (Fsp3) is 0.231. The minimum absolute atomic E-state index is 0.215. The highest BCUT2D eigenvalue weighted by atomic mass is 35.5. The van der Waals surface area contributed by atoms with E-state index in [0.717, 1.165) is 5.39 Å². The summed E-state index contributed by atoms with van der Waals surface area (Å²) in [6, 6.07) is 4.81. The Morgan fingerprint density at radius 3 is 2.90 bits per heavy atom. The topological polar surface area (TPSA) is 74.0 Å². The minimum Gasteiger partial charge on any atom is -0.360 e. The van der Waals surface area contributed by atoms with Gasteiger partial charge in [-0.15, -0.1) is 6.58 Å². The summed E-state index contributed by atoms with van der Waals surface area (Å²) in [5, 5.41) is 4.40. The smallest absolute Gasteiger partial charge is 0.240 e. The third kappa shape index (κ3) is 3.40. The van der Waals surface area contributed by atoms with Crippen LogP contribution in [-0.4, -0.2) is 33.0 Å². The summed E-state index contributed by atoms with van der Waals surface area (Å²) in [6.45, 7) is 5.08. The molecule has 3 N–H and O–H groups in total. The van der Waals surface area contributed by atoms with Gasteiger partial charge in [0, 0.05) is 36.7 Å². The Balaban J connectivity index is 2.09. The number of aromatic amines is 1. The standard InChI is InChI=1S/C13H16ClN3O2S/c1-2-5-15-6-7-17-20(18,19)10-3-4-11-12(14)9-16-13(11)8-10/h2-4,8-9,15-17H,1,5-7H2. The quantitative estimate of drug-likeness (QED) is 0.540. The van der Waals surface area contributed by atoms with Gasteiger partial charge in [0.1, 0.15) is 0 Å². The second-order valence-electron chi connectivity index (χ2n) is 4.23. The third-order valence-corrected chi connectivity index (χ3v) is 4.57. The van der Waals surface area contributed by atoms with Gasteiger partial charge in [0.15, 0.2) is 0 Å². The third-order valence-electron chi connectivity index (χ3n) is 2.80. The molecule has 5 nitrogen and oxygen atoms in total. The maximum atomic E-state index is 12.1. The molecule has 0 aliphatic heterocycles. The van der Waals surface area contributed by atoms with E-state index in [-0.39, 0.29) is 4.90 Å². The molecule has 1 aromatic carbocycles. The molecule has 1 heterocycles. The molecule has 0 bridgehead atoms. The average Bonchev–Trinajstić information content (AvgIpc) is 2.80. The zero-order valence-corrected chi connectivity index (χ0v) is 12.4. The van der Waals surface area contributed by atoms with E-state index in [9.17, 15) is 8.42 Å². The Bertz CT molecular complexity index is 709. The molecule has 2 rings (SSSR count). The lowest BCUT2D eigenvalue weighted by atomic mass is 10.2. The summed E-state index contributed by atoms with van der Waals surface area (Å²) >= 11 is 5.96. The van der Waals surface area contributed by atoms with E-state index in [1.165, 1.54) is 0 Å². The Morgan fingerprint density at radius 1 is 1.35 bits per heavy atom. The van der Waals surface area contributed by atoms with Crippen molar-refractivity contribution in [3.05, 3.63) is 42.1 Å². The van der Waals surface area contributed by atoms with Gasteiger partial charge in [-0.3, -0.25) is 0 Å². The second kappa shape index (κ2) is 6.41. The molecule has 0 radical (unpaired) electrons. The molecule has 0 aliphatic rings. The molecule has 20 heavy (non-hydrogen) atoms. The monoisotopic (exact) mass is 313 g/mol. The van der Waals surface area contributed by atoms with Crippen molar-refractivity contribution in [1.29, 1.82) is 0 Å². The van der Waals surface area contributed by atoms with Crippen molar-refractivity contribution in [3.8, 4) is 0 Å². The Labute approximate surface area is 123 Å². The molecule has 0 spiro atoms. The number of halogens is 1. The lowest BCUT2D eigenvalue weighted by molar-refractivity contribution is 0.578. The van der Waals surface area contributed by atoms with Crippen LogP contribution in [0.3, 0.4) is 0 Å². The van der Waals surface area contributed by atoms with Gasteiger partial charge >= 0.3 is 0 Å². The van der Waals surface area contributed by atoms with Crippen molar-refractivity contribution < 1.29 is 8.42 Å². The number of fused-ring (bicyclic) bond motifs is 1. The van der Waals surface area contributed by atoms with Crippen LogP contribution in [0, 0.1) is 0 Å². The van der Waals surface area contributed by atoms with Crippen molar-refractivity contribution in [1.82, 2.24) is 15.0 Å². The van der Waals surface area contributed by atoms with Gasteiger partial charge in [-0.05, 0) is 18.2 Å². The average molecular weight is 314 g/mol. The van der Waals surface area contributed by atoms with Crippen molar-refractivity contribution in [2.45, 2.75) is 4.90 Å². The van der Waals surface area contributed by atoms with Crippen LogP contribution < -0.4 is 10.0 Å². The molecule has 108 valence electrons. The highest BCUT2D eigenvalue weighted by Crippen LogP contribution is 2.25. The van der Waals surface area contributed by atoms with Crippen LogP contribution in [0.2, 0.25) is 5.02 Å². The number of rotatable bonds is 7. The molecule has 7 heteroatoms. The first kappa shape index (κ1) is 15.1. The van der Waals surface area contributed by atoms with Crippen molar-refractivity contribution in [2.75, 3.05) is 19.6 Å². The van der Waals surface area contributed by atoms with Gasteiger partial charge in [0.25, 0.3) is 0 Å². The number of benzene rings is 1. The van der Waals surface area contributed by atoms with Crippen LogP contribution in [-0.2, 0) is 10.0 Å². The Kier molecular flexibility index (Phi) is 4.82. The Hall–Kier alpha value is -1.34. The van der Waals surface area contributed by atoms with Crippen molar-refractivity contribution in [3.63, 3.8) is 0 Å². The van der Waals surface area contributed by atoms with E-state index < -0.39 is 10.0 Å². The molecule has 0 saturated heterocycles. The fourth-order valence-electron chi connectivity index (χ4n) is 1.80. The maximum absolute atomic E-state index is 12.1. The van der Waals surface area contributed by atoms with Crippen LogP contribution in [0.1, 0.15) is 0 Å². The van der Waals surface area contributed by atoms with E-state index >= 15 is 0 Å². The van der Waals surface area contributed by atoms with Gasteiger partial charge < -0.3 is 10.3 Å². The van der Waals surface area contributed by atoms with E-state index in [1.807, 2.05) is 0 Å². The highest BCUT2D eigenvalue weighted by molar-refractivity contribution is 7.89. The number of H-pyrrole nitrogens is 1. The summed E-state index contributed by atoms with van der Waals surface area (Å²) in [5.74, 6) is 0. The first-order valence-corrected chi connectivity index (χ1v) is 7.98. The first-order valence-electron chi connectivity index (χ1n) is 6.12. The fourth-order valence-corrected chi connectivity index (χ4v) is 3.08. The van der Waals surface area contributed by atoms with Gasteiger partial charge in [-0.2, -0.15) is 0 Å². The largest absolute Gasteiger partial charge is 0.360 e. The summed E-state index contributed by atoms with van der Waals surface area (Å²) in [6.07, 6.45) is 3.35. The van der Waals surface area contributed by atoms with Gasteiger partial charge in [-0.25, -0.2) is 13.1 Å². The molecule has 0 aliphatic carbocycles. The molecule has 0 atom stereocenters. The number of hydrogen-bond acceptors (Lipinski definition) is 3. The maximum Gasteiger partial charge on any atom is 0.240 e. The van der Waals surface area contributed by atoms with Crippen LogP contribution in [0.15, 0.2) is 41.9 Å². The van der Waals surface area contributed by atoms with Crippen LogP contribution in [0.25, 0.3) is 10.9 Å². The van der Waals surface area contributed by atoms with Crippen LogP contribution >= 0.6 is 11.6 Å². The van der Waals surface area contributed by atoms with Crippen LogP contribution in [0.4, 0.5) is 0 Å². The molecule has 1 aromatic heterocycles. The molecule has 0 saturated carbocycles. The van der Waals surface area contributed by atoms with Gasteiger partial charge in [-0.1, -0.05) is 17.7 Å². The lowest BCUT2D eigenvalue weighted by Crippen LogP contribution is -2.31. The SMILES string of the molecule is C=CCNCCNS(=O)(=O)c1ccc2c(Cl)c[nH]c2c1. The number of aromatic nitrogens is 1. The summed E-state index contributed by atoms with van der Waals surface area (Å²) in [7, 11) is -3.51. The van der Waals surface area contributed by atoms with E-state index in [4.69, 9.17) is 11.6 Å². The van der Waals surface area contributed by atoms with E-state index in [0.29, 0.717) is 30.2 Å². The summed E-state index contributed by atoms with van der Waals surface area (Å²) in [5.41, 5.74) is 0.697. The molecule has 0 fully saturated rings. The molecule has 2 aromatic rings. The van der Waals surface area contributed by atoms with E-state index in [2.05, 4.69) is 21.6 Å². The number of nitrogens with one attached hydrogen (secondary N) is 3. The van der Waals surface area contributed by atoms with Crippen molar-refractivity contribution >= 4 is 32.5 Å². The number of sulfonamides is 1. The molecular formula is C13H16ClN3O2S. The zero-order chi connectivity index (χ0) is 14.6. The normalized spacial score (nSPS) is 11.8. The zero-order valence-electron chi connectivity index (χ0n) is 10.8. The molecule has 0 amide bonds. The summed E-state index contributed by atoms with van der Waals surface area (Å²) < 4.78 is 26.8. The van der Waals surface area contributed by atoms with E-state index in [1.54, 1.807) is 30.5 Å². The lowest BCUT2D eigenvalue weighted by Gasteiger charge is -2.07. The first-order chi connectivity index (χ1) is 9.54. The van der Waals surface area contributed by atoms with Gasteiger partial charge in [0.05, 0.1) is 9.92 Å². The predicted octanol–water partition coefficient (Wildman–Crippen LogP) is 1.88. The molecule has 0 unspecified atom stereocenters. The Morgan fingerprint density at radius 2 is 2.15 bits per heavy atom. The van der Waals surface area contributed by atoms with Gasteiger partial charge in [0.2, 0.25) is 10.0 Å². The molecular weight excluding hydrogens is 298 g/mol. The highest BCUT2D eigenvalue weighted by Gasteiger charge is 2.14.